The molecule has 2 bridgehead atoms. The number of likely N-dealkylation sites (tertiary alicyclic amines) is 1. The average molecular weight is 465 g/mol. The van der Waals surface area contributed by atoms with Crippen LogP contribution in [0.25, 0.3) is 0 Å². The van der Waals surface area contributed by atoms with E-state index in [2.05, 4.69) is 5.16 Å². The number of carbonyl (C=O) groups is 3. The number of carbonyl (C=O) groups excluding carboxylic acids is 2. The Balaban J connectivity index is 1.30. The van der Waals surface area contributed by atoms with Crippen LogP contribution in [0.5, 0.6) is 0 Å². The van der Waals surface area contributed by atoms with Crippen molar-refractivity contribution in [1.29, 1.82) is 0 Å². The molecule has 33 heavy (non-hydrogen) atoms. The highest BCUT2D eigenvalue weighted by atomic mass is 35.5. The zero-order valence-electron chi connectivity index (χ0n) is 17.5. The van der Waals surface area contributed by atoms with Crippen molar-refractivity contribution >= 4 is 35.1 Å². The maximum atomic E-state index is 13.5. The van der Waals surface area contributed by atoms with Crippen molar-refractivity contribution in [2.45, 2.75) is 25.0 Å². The van der Waals surface area contributed by atoms with Crippen LogP contribution in [-0.2, 0) is 25.6 Å². The number of fused-ring (bicyclic) bond motifs is 8. The van der Waals surface area contributed by atoms with Crippen LogP contribution in [0.1, 0.15) is 17.5 Å². The van der Waals surface area contributed by atoms with E-state index < -0.39 is 23.8 Å². The minimum absolute atomic E-state index is 0.0866. The fraction of sp³-hybridized carbons (Fsp3) is 0.360. The van der Waals surface area contributed by atoms with Crippen molar-refractivity contribution in [1.82, 2.24) is 4.90 Å². The molecule has 1 unspecified atom stereocenters. The van der Waals surface area contributed by atoms with E-state index in [4.69, 9.17) is 16.4 Å². The minimum Gasteiger partial charge on any atom is -0.480 e. The van der Waals surface area contributed by atoms with E-state index in [0.717, 1.165) is 21.7 Å². The summed E-state index contributed by atoms with van der Waals surface area (Å²) in [5.74, 6) is -3.34. The number of oxime groups is 1. The van der Waals surface area contributed by atoms with Gasteiger partial charge in [0.2, 0.25) is 11.8 Å². The molecule has 1 N–H and O–H groups in total. The molecule has 4 aliphatic rings. The number of aliphatic carboxylic acids is 1. The second-order valence-electron chi connectivity index (χ2n) is 9.28. The molecule has 2 amide bonds. The molecule has 3 fully saturated rings. The third-order valence-corrected chi connectivity index (χ3v) is 7.99. The number of carboxylic acid groups (broad SMARTS) is 1. The molecule has 2 saturated carbocycles. The summed E-state index contributed by atoms with van der Waals surface area (Å²) < 4.78 is 0. The van der Waals surface area contributed by atoms with Gasteiger partial charge in [-0.1, -0.05) is 59.2 Å². The molecule has 0 aromatic heterocycles. The van der Waals surface area contributed by atoms with Crippen LogP contribution < -0.4 is 0 Å². The predicted octanol–water partition coefficient (Wildman–Crippen LogP) is 3.01. The molecule has 168 valence electrons. The molecular weight excluding hydrogens is 444 g/mol. The first kappa shape index (κ1) is 20.4. The minimum atomic E-state index is -1.22. The Kier molecular flexibility index (Phi) is 4.59. The molecule has 2 heterocycles. The molecule has 6 rings (SSSR count). The maximum Gasteiger partial charge on any atom is 0.327 e. The lowest BCUT2D eigenvalue weighted by Crippen LogP contribution is -2.47. The molecule has 1 saturated heterocycles. The molecule has 8 heteroatoms. The van der Waals surface area contributed by atoms with Gasteiger partial charge < -0.3 is 9.94 Å². The van der Waals surface area contributed by atoms with E-state index in [1.165, 1.54) is 0 Å². The molecular formula is C25H21ClN2O5. The number of hydrogen-bond acceptors (Lipinski definition) is 5. The van der Waals surface area contributed by atoms with Crippen LogP contribution in [0.4, 0.5) is 0 Å². The average Bonchev–Trinajstić information content (AvgIpc) is 3.54. The third-order valence-electron chi connectivity index (χ3n) is 7.73. The van der Waals surface area contributed by atoms with E-state index >= 15 is 0 Å². The van der Waals surface area contributed by atoms with E-state index in [9.17, 15) is 19.5 Å². The maximum absolute atomic E-state index is 13.5. The lowest BCUT2D eigenvalue weighted by Gasteiger charge is -2.29. The van der Waals surface area contributed by atoms with Crippen LogP contribution in [0.2, 0.25) is 5.02 Å². The number of halogens is 1. The van der Waals surface area contributed by atoms with Crippen LogP contribution >= 0.6 is 11.6 Å². The van der Waals surface area contributed by atoms with Crippen molar-refractivity contribution in [3.63, 3.8) is 0 Å². The summed E-state index contributed by atoms with van der Waals surface area (Å²) in [5, 5.41) is 14.9. The zero-order valence-corrected chi connectivity index (χ0v) is 18.3. The summed E-state index contributed by atoms with van der Waals surface area (Å²) in [7, 11) is 0. The van der Waals surface area contributed by atoms with Crippen molar-refractivity contribution in [3.8, 4) is 0 Å². The van der Waals surface area contributed by atoms with Crippen LogP contribution in [0.15, 0.2) is 59.8 Å². The van der Waals surface area contributed by atoms with Crippen LogP contribution in [-0.4, -0.2) is 45.6 Å². The van der Waals surface area contributed by atoms with Gasteiger partial charge in [-0.05, 0) is 35.6 Å². The number of imide groups is 1. The van der Waals surface area contributed by atoms with Crippen LogP contribution in [0, 0.1) is 29.6 Å². The standard InChI is InChI=1S/C25H21ClN2O5/c26-14-8-6-13(7-9-14)21-20-15-11-16(22(20)33-27-21)19-18(15)23(29)28(24(19)30)17(25(31)32)10-12-4-2-1-3-5-12/h1-9,15-20,22H,10-11H2,(H,31,32)/t15-,16+,17?,18+,19-,20+,22+/m0/s1. The lowest BCUT2D eigenvalue weighted by molar-refractivity contribution is -0.155. The lowest BCUT2D eigenvalue weighted by atomic mass is 9.71. The van der Waals surface area contributed by atoms with E-state index in [1.807, 2.05) is 30.3 Å². The second-order valence-corrected chi connectivity index (χ2v) is 9.72. The Hall–Kier alpha value is -3.19. The summed E-state index contributed by atoms with van der Waals surface area (Å²) in [6, 6.07) is 15.2. The van der Waals surface area contributed by atoms with Gasteiger partial charge in [0.25, 0.3) is 0 Å². The smallest absolute Gasteiger partial charge is 0.327 e. The Bertz CT molecular complexity index is 1180. The van der Waals surface area contributed by atoms with Gasteiger partial charge >= 0.3 is 5.97 Å². The quantitative estimate of drug-likeness (QED) is 0.686. The van der Waals surface area contributed by atoms with Crippen molar-refractivity contribution < 1.29 is 24.3 Å². The number of nitrogens with zero attached hydrogens (tertiary/aromatic N) is 2. The SMILES string of the molecule is O=C(O)C(Cc1ccccc1)N1C(=O)[C@@H]2[C@@H]3C[C@@H]([C@H]4ON=C(c5ccc(Cl)cc5)[C@@H]34)[C@@H]2C1=O. The number of benzene rings is 2. The highest BCUT2D eigenvalue weighted by Crippen LogP contribution is 2.61. The number of carboxylic acids is 1. The fourth-order valence-electron chi connectivity index (χ4n) is 6.44. The van der Waals surface area contributed by atoms with Crippen LogP contribution in [0.3, 0.4) is 0 Å². The number of hydrogen-bond donors (Lipinski definition) is 1. The second kappa shape index (κ2) is 7.42. The van der Waals surface area contributed by atoms with Crippen molar-refractivity contribution in [2.75, 3.05) is 0 Å². The highest BCUT2D eigenvalue weighted by molar-refractivity contribution is 6.30. The first-order chi connectivity index (χ1) is 16.0. The van der Waals surface area contributed by atoms with E-state index in [-0.39, 0.29) is 42.1 Å². The highest BCUT2D eigenvalue weighted by Gasteiger charge is 2.71. The van der Waals surface area contributed by atoms with Gasteiger partial charge in [-0.25, -0.2) is 4.79 Å². The zero-order chi connectivity index (χ0) is 22.9. The largest absolute Gasteiger partial charge is 0.480 e. The van der Waals surface area contributed by atoms with Gasteiger partial charge in [-0.15, -0.1) is 0 Å². The van der Waals surface area contributed by atoms with Gasteiger partial charge in [0.05, 0.1) is 17.5 Å². The molecule has 2 aromatic rings. The molecule has 7 nitrogen and oxygen atoms in total. The van der Waals surface area contributed by atoms with E-state index in [0.29, 0.717) is 11.4 Å². The Morgan fingerprint density at radius 3 is 2.36 bits per heavy atom. The first-order valence-corrected chi connectivity index (χ1v) is 11.5. The van der Waals surface area contributed by atoms with Gasteiger partial charge in [-0.3, -0.25) is 14.5 Å². The predicted molar refractivity (Wildman–Crippen MR) is 118 cm³/mol. The molecule has 2 aliphatic carbocycles. The number of amides is 2. The van der Waals surface area contributed by atoms with Gasteiger partial charge in [0.1, 0.15) is 12.1 Å². The summed E-state index contributed by atoms with van der Waals surface area (Å²) in [6.45, 7) is 0. The Morgan fingerprint density at radius 2 is 1.70 bits per heavy atom. The Labute approximate surface area is 195 Å². The monoisotopic (exact) mass is 464 g/mol. The molecule has 0 radical (unpaired) electrons. The van der Waals surface area contributed by atoms with Crippen molar-refractivity contribution in [2.24, 2.45) is 34.7 Å². The molecule has 0 spiro atoms. The van der Waals surface area contributed by atoms with Gasteiger partial charge in [0, 0.05) is 23.3 Å². The summed E-state index contributed by atoms with van der Waals surface area (Å²) in [5.41, 5.74) is 2.43. The van der Waals surface area contributed by atoms with Gasteiger partial charge in [-0.2, -0.15) is 0 Å². The van der Waals surface area contributed by atoms with E-state index in [1.54, 1.807) is 24.3 Å². The van der Waals surface area contributed by atoms with Crippen molar-refractivity contribution in [3.05, 3.63) is 70.7 Å². The Morgan fingerprint density at radius 1 is 1.03 bits per heavy atom. The fourth-order valence-corrected chi connectivity index (χ4v) is 6.57. The molecule has 2 aliphatic heterocycles. The molecule has 2 aromatic carbocycles. The molecule has 7 atom stereocenters. The number of rotatable bonds is 5. The topological polar surface area (TPSA) is 96.3 Å². The summed E-state index contributed by atoms with van der Waals surface area (Å²) >= 11 is 6.02. The third kappa shape index (κ3) is 2.95. The summed E-state index contributed by atoms with van der Waals surface area (Å²) in [6.07, 6.45) is 0.526. The normalized spacial score (nSPS) is 32.4. The first-order valence-electron chi connectivity index (χ1n) is 11.1. The summed E-state index contributed by atoms with van der Waals surface area (Å²) in [4.78, 5) is 45.9. The van der Waals surface area contributed by atoms with Gasteiger partial charge in [0.15, 0.2) is 0 Å².